The molecule has 0 heterocycles. The minimum Gasteiger partial charge on any atom is -0.396 e. The van der Waals surface area contributed by atoms with E-state index in [0.717, 1.165) is 32.2 Å². The summed E-state index contributed by atoms with van der Waals surface area (Å²) in [7, 11) is 0. The third kappa shape index (κ3) is 5.06. The van der Waals surface area contributed by atoms with Gasteiger partial charge in [0.05, 0.1) is 6.04 Å². The molecule has 1 unspecified atom stereocenters. The number of aliphatic hydroxyl groups is 1. The van der Waals surface area contributed by atoms with Gasteiger partial charge in [-0.1, -0.05) is 33.1 Å². The summed E-state index contributed by atoms with van der Waals surface area (Å²) in [6, 6.07) is 0.0779. The fraction of sp³-hybridized carbons (Fsp3) is 0.938. The van der Waals surface area contributed by atoms with Gasteiger partial charge in [0.25, 0.3) is 0 Å². The molecule has 0 spiro atoms. The molecule has 1 aliphatic rings. The van der Waals surface area contributed by atoms with Crippen LogP contribution in [0.5, 0.6) is 0 Å². The van der Waals surface area contributed by atoms with Gasteiger partial charge in [0, 0.05) is 24.6 Å². The summed E-state index contributed by atoms with van der Waals surface area (Å²) in [5, 5.41) is 16.1. The molecule has 1 atom stereocenters. The molecule has 1 saturated carbocycles. The first-order valence-electron chi connectivity index (χ1n) is 8.21. The highest BCUT2D eigenvalue weighted by Crippen LogP contribution is 2.35. The maximum atomic E-state index is 12.1. The van der Waals surface area contributed by atoms with Crippen LogP contribution in [0.25, 0.3) is 0 Å². The highest BCUT2D eigenvalue weighted by Gasteiger charge is 2.32. The maximum Gasteiger partial charge on any atom is 0.237 e. The van der Waals surface area contributed by atoms with E-state index in [1.165, 1.54) is 19.3 Å². The fourth-order valence-electron chi connectivity index (χ4n) is 2.97. The van der Waals surface area contributed by atoms with E-state index in [1.54, 1.807) is 0 Å². The summed E-state index contributed by atoms with van der Waals surface area (Å²) in [6.45, 7) is 7.05. The van der Waals surface area contributed by atoms with Gasteiger partial charge in [-0.3, -0.25) is 4.79 Å². The van der Waals surface area contributed by atoms with Crippen LogP contribution in [-0.4, -0.2) is 36.2 Å². The van der Waals surface area contributed by atoms with Gasteiger partial charge in [-0.25, -0.2) is 0 Å². The minimum absolute atomic E-state index is 0.0122. The Kier molecular flexibility index (Phi) is 7.52. The molecule has 0 bridgehead atoms. The van der Waals surface area contributed by atoms with E-state index in [1.807, 2.05) is 6.92 Å². The third-order valence-corrected chi connectivity index (χ3v) is 4.76. The van der Waals surface area contributed by atoms with Crippen LogP contribution < -0.4 is 10.6 Å². The van der Waals surface area contributed by atoms with E-state index < -0.39 is 0 Å². The summed E-state index contributed by atoms with van der Waals surface area (Å²) in [5.41, 5.74) is -0.0122. The Hall–Kier alpha value is -0.610. The van der Waals surface area contributed by atoms with E-state index >= 15 is 0 Å². The summed E-state index contributed by atoms with van der Waals surface area (Å²) in [5.74, 6) is 0.0719. The summed E-state index contributed by atoms with van der Waals surface area (Å²) in [4.78, 5) is 12.1. The van der Waals surface area contributed by atoms with E-state index in [0.29, 0.717) is 0 Å². The molecule has 0 aromatic heterocycles. The number of amides is 1. The molecule has 0 saturated heterocycles. The quantitative estimate of drug-likeness (QED) is 0.640. The van der Waals surface area contributed by atoms with E-state index in [2.05, 4.69) is 24.5 Å². The topological polar surface area (TPSA) is 61.4 Å². The molecule has 0 radical (unpaired) electrons. The second kappa shape index (κ2) is 8.63. The molecule has 4 nitrogen and oxygen atoms in total. The van der Waals surface area contributed by atoms with Gasteiger partial charge < -0.3 is 15.7 Å². The van der Waals surface area contributed by atoms with E-state index in [4.69, 9.17) is 0 Å². The third-order valence-electron chi connectivity index (χ3n) is 4.76. The smallest absolute Gasteiger partial charge is 0.237 e. The molecule has 1 aliphatic carbocycles. The Labute approximate surface area is 123 Å². The zero-order valence-corrected chi connectivity index (χ0v) is 13.4. The second-order valence-electron chi connectivity index (χ2n) is 6.34. The number of carbonyl (C=O) groups excluding carboxylic acids is 1. The standard InChI is InChI=1S/C16H32N2O2/c1-4-14(5-2)18-15(20)13(3)17-11-16(12-19)9-7-6-8-10-16/h13-14,17,19H,4-12H2,1-3H3,(H,18,20). The van der Waals surface area contributed by atoms with Crippen molar-refractivity contribution in [3.8, 4) is 0 Å². The minimum atomic E-state index is -0.194. The van der Waals surface area contributed by atoms with Crippen molar-refractivity contribution in [3.05, 3.63) is 0 Å². The lowest BCUT2D eigenvalue weighted by Gasteiger charge is -2.36. The predicted octanol–water partition coefficient (Wildman–Crippen LogP) is 2.21. The Morgan fingerprint density at radius 2 is 1.80 bits per heavy atom. The van der Waals surface area contributed by atoms with Gasteiger partial charge in [0.2, 0.25) is 5.91 Å². The van der Waals surface area contributed by atoms with Gasteiger partial charge in [0.1, 0.15) is 0 Å². The van der Waals surface area contributed by atoms with Crippen molar-refractivity contribution in [2.45, 2.75) is 77.8 Å². The van der Waals surface area contributed by atoms with Crippen molar-refractivity contribution in [2.24, 2.45) is 5.41 Å². The molecule has 20 heavy (non-hydrogen) atoms. The zero-order chi connectivity index (χ0) is 15.0. The van der Waals surface area contributed by atoms with Crippen LogP contribution in [0, 0.1) is 5.41 Å². The van der Waals surface area contributed by atoms with Gasteiger partial charge in [0.15, 0.2) is 0 Å². The van der Waals surface area contributed by atoms with Crippen molar-refractivity contribution in [1.29, 1.82) is 0 Å². The highest BCUT2D eigenvalue weighted by molar-refractivity contribution is 5.81. The number of hydrogen-bond donors (Lipinski definition) is 3. The van der Waals surface area contributed by atoms with Gasteiger partial charge in [-0.2, -0.15) is 0 Å². The molecule has 3 N–H and O–H groups in total. The average molecular weight is 284 g/mol. The Morgan fingerprint density at radius 1 is 1.20 bits per heavy atom. The van der Waals surface area contributed by atoms with Crippen molar-refractivity contribution in [2.75, 3.05) is 13.2 Å². The van der Waals surface area contributed by atoms with Crippen LogP contribution in [0.2, 0.25) is 0 Å². The first-order chi connectivity index (χ1) is 9.56. The number of nitrogens with one attached hydrogen (secondary N) is 2. The lowest BCUT2D eigenvalue weighted by atomic mass is 9.74. The Morgan fingerprint density at radius 3 is 2.30 bits per heavy atom. The van der Waals surface area contributed by atoms with Crippen LogP contribution in [-0.2, 0) is 4.79 Å². The average Bonchev–Trinajstić information content (AvgIpc) is 2.50. The van der Waals surface area contributed by atoms with Gasteiger partial charge in [-0.15, -0.1) is 0 Å². The largest absolute Gasteiger partial charge is 0.396 e. The molecule has 1 rings (SSSR count). The maximum absolute atomic E-state index is 12.1. The molecule has 4 heteroatoms. The first kappa shape index (κ1) is 17.4. The molecule has 0 aromatic rings. The predicted molar refractivity (Wildman–Crippen MR) is 82.6 cm³/mol. The van der Waals surface area contributed by atoms with E-state index in [9.17, 15) is 9.90 Å². The van der Waals surface area contributed by atoms with Crippen molar-refractivity contribution >= 4 is 5.91 Å². The number of carbonyl (C=O) groups is 1. The number of hydrogen-bond acceptors (Lipinski definition) is 3. The fourth-order valence-corrected chi connectivity index (χ4v) is 2.97. The molecular formula is C16H32N2O2. The lowest BCUT2D eigenvalue weighted by Crippen LogP contribution is -2.50. The van der Waals surface area contributed by atoms with Crippen LogP contribution in [0.3, 0.4) is 0 Å². The van der Waals surface area contributed by atoms with Crippen LogP contribution in [0.1, 0.15) is 65.7 Å². The number of rotatable bonds is 8. The monoisotopic (exact) mass is 284 g/mol. The number of aliphatic hydroxyl groups excluding tert-OH is 1. The Balaban J connectivity index is 2.40. The molecule has 1 fully saturated rings. The molecular weight excluding hydrogens is 252 g/mol. The summed E-state index contributed by atoms with van der Waals surface area (Å²) in [6.07, 6.45) is 7.72. The molecule has 118 valence electrons. The lowest BCUT2D eigenvalue weighted by molar-refractivity contribution is -0.123. The molecule has 0 aromatic carbocycles. The summed E-state index contributed by atoms with van der Waals surface area (Å²) >= 11 is 0. The second-order valence-corrected chi connectivity index (χ2v) is 6.34. The van der Waals surface area contributed by atoms with E-state index in [-0.39, 0.29) is 30.0 Å². The first-order valence-corrected chi connectivity index (χ1v) is 8.21. The summed E-state index contributed by atoms with van der Waals surface area (Å²) < 4.78 is 0. The molecule has 1 amide bonds. The normalized spacial score (nSPS) is 19.9. The zero-order valence-electron chi connectivity index (χ0n) is 13.4. The van der Waals surface area contributed by atoms with Crippen LogP contribution in [0.4, 0.5) is 0 Å². The van der Waals surface area contributed by atoms with Crippen molar-refractivity contribution in [3.63, 3.8) is 0 Å². The van der Waals surface area contributed by atoms with Crippen molar-refractivity contribution < 1.29 is 9.90 Å². The Bertz CT molecular complexity index is 284. The van der Waals surface area contributed by atoms with Crippen molar-refractivity contribution in [1.82, 2.24) is 10.6 Å². The van der Waals surface area contributed by atoms with Crippen LogP contribution >= 0.6 is 0 Å². The molecule has 0 aliphatic heterocycles. The van der Waals surface area contributed by atoms with Crippen LogP contribution in [0.15, 0.2) is 0 Å². The SMILES string of the molecule is CCC(CC)NC(=O)C(C)NCC1(CO)CCCCC1. The highest BCUT2D eigenvalue weighted by atomic mass is 16.3. The van der Waals surface area contributed by atoms with Gasteiger partial charge in [-0.05, 0) is 32.6 Å². The van der Waals surface area contributed by atoms with Gasteiger partial charge >= 0.3 is 0 Å².